The van der Waals surface area contributed by atoms with Crippen LogP contribution in [0.2, 0.25) is 0 Å². The molecular formula is C21H22FN5O3. The first-order valence-electron chi connectivity index (χ1n) is 9.64. The van der Waals surface area contributed by atoms with Crippen molar-refractivity contribution in [2.45, 2.75) is 25.8 Å². The predicted molar refractivity (Wildman–Crippen MR) is 108 cm³/mol. The second-order valence-electron chi connectivity index (χ2n) is 7.50. The van der Waals surface area contributed by atoms with Gasteiger partial charge in [0.25, 0.3) is 0 Å². The van der Waals surface area contributed by atoms with E-state index >= 15 is 0 Å². The molecule has 0 bridgehead atoms. The summed E-state index contributed by atoms with van der Waals surface area (Å²) >= 11 is 0. The van der Waals surface area contributed by atoms with Crippen molar-refractivity contribution in [3.63, 3.8) is 0 Å². The number of hydrogen-bond acceptors (Lipinski definition) is 5. The second-order valence-corrected chi connectivity index (χ2v) is 7.50. The molecule has 2 aliphatic rings. The lowest BCUT2D eigenvalue weighted by Gasteiger charge is -2.43. The summed E-state index contributed by atoms with van der Waals surface area (Å²) in [6.07, 6.45) is -1.49. The lowest BCUT2D eigenvalue weighted by Crippen LogP contribution is -2.72. The van der Waals surface area contributed by atoms with Gasteiger partial charge in [0.05, 0.1) is 18.0 Å². The summed E-state index contributed by atoms with van der Waals surface area (Å²) in [7, 11) is 0. The van der Waals surface area contributed by atoms with E-state index in [-0.39, 0.29) is 30.0 Å². The number of fused-ring (bicyclic) bond motifs is 1. The highest BCUT2D eigenvalue weighted by atomic mass is 19.1. The Morgan fingerprint density at radius 2 is 1.83 bits per heavy atom. The first kappa shape index (κ1) is 19.8. The van der Waals surface area contributed by atoms with Gasteiger partial charge in [-0.3, -0.25) is 19.7 Å². The molecule has 9 heteroatoms. The summed E-state index contributed by atoms with van der Waals surface area (Å²) in [5.41, 5.74) is 2.19. The van der Waals surface area contributed by atoms with E-state index in [2.05, 4.69) is 26.6 Å². The highest BCUT2D eigenvalue weighted by Gasteiger charge is 2.48. The Hall–Kier alpha value is -3.46. The van der Waals surface area contributed by atoms with Crippen LogP contribution in [0.4, 0.5) is 15.8 Å². The van der Waals surface area contributed by atoms with Gasteiger partial charge in [-0.2, -0.15) is 0 Å². The molecule has 0 aliphatic carbocycles. The highest BCUT2D eigenvalue weighted by molar-refractivity contribution is 6.00. The van der Waals surface area contributed by atoms with Gasteiger partial charge in [0.2, 0.25) is 17.7 Å². The molecule has 0 spiro atoms. The first-order chi connectivity index (χ1) is 14.4. The van der Waals surface area contributed by atoms with Crippen LogP contribution >= 0.6 is 0 Å². The number of nitrogens with one attached hydrogen (secondary N) is 5. The Balaban J connectivity index is 1.48. The fourth-order valence-electron chi connectivity index (χ4n) is 3.82. The van der Waals surface area contributed by atoms with Gasteiger partial charge in [-0.1, -0.05) is 12.1 Å². The third-order valence-corrected chi connectivity index (χ3v) is 5.23. The molecule has 3 amide bonds. The summed E-state index contributed by atoms with van der Waals surface area (Å²) in [5.74, 6) is -3.01. The molecule has 0 aromatic heterocycles. The van der Waals surface area contributed by atoms with Crippen LogP contribution in [0.15, 0.2) is 48.5 Å². The van der Waals surface area contributed by atoms with Gasteiger partial charge in [0.15, 0.2) is 6.29 Å². The fourth-order valence-corrected chi connectivity index (χ4v) is 3.82. The largest absolute Gasteiger partial charge is 0.353 e. The first-order valence-corrected chi connectivity index (χ1v) is 9.64. The van der Waals surface area contributed by atoms with Gasteiger partial charge in [0.1, 0.15) is 5.82 Å². The summed E-state index contributed by atoms with van der Waals surface area (Å²) in [4.78, 5) is 37.9. The van der Waals surface area contributed by atoms with Crippen molar-refractivity contribution in [2.24, 2.45) is 11.8 Å². The molecule has 2 aliphatic heterocycles. The maximum absolute atomic E-state index is 13.1. The Morgan fingerprint density at radius 1 is 1.07 bits per heavy atom. The Kier molecular flexibility index (Phi) is 5.37. The third-order valence-electron chi connectivity index (χ3n) is 5.23. The minimum absolute atomic E-state index is 0.0794. The number of rotatable bonds is 4. The topological polar surface area (TPSA) is 111 Å². The van der Waals surface area contributed by atoms with Gasteiger partial charge in [-0.05, 0) is 48.9 Å². The van der Waals surface area contributed by atoms with Crippen molar-refractivity contribution in [3.05, 3.63) is 59.9 Å². The van der Waals surface area contributed by atoms with Crippen LogP contribution in [0.5, 0.6) is 0 Å². The number of carbonyl (C=O) groups is 3. The van der Waals surface area contributed by atoms with Crippen LogP contribution in [0.25, 0.3) is 0 Å². The SMILES string of the molecule is Cc1cccc(NC(=O)C2CC(=O)NC3NC(Nc4ccc(F)cc4)NC(=O)C32)c1. The zero-order valence-corrected chi connectivity index (χ0v) is 16.2. The average molecular weight is 411 g/mol. The Labute approximate surface area is 172 Å². The molecule has 2 fully saturated rings. The van der Waals surface area contributed by atoms with Gasteiger partial charge < -0.3 is 21.3 Å². The summed E-state index contributed by atoms with van der Waals surface area (Å²) < 4.78 is 13.1. The molecule has 2 saturated heterocycles. The van der Waals surface area contributed by atoms with Crippen LogP contribution in [-0.2, 0) is 14.4 Å². The van der Waals surface area contributed by atoms with Crippen molar-refractivity contribution in [3.8, 4) is 0 Å². The molecule has 4 unspecified atom stereocenters. The summed E-state index contributed by atoms with van der Waals surface area (Å²) in [5, 5.41) is 14.4. The average Bonchev–Trinajstić information content (AvgIpc) is 2.69. The Bertz CT molecular complexity index is 981. The number of carbonyl (C=O) groups excluding carboxylic acids is 3. The summed E-state index contributed by atoms with van der Waals surface area (Å²) in [6.45, 7) is 1.91. The van der Waals surface area contributed by atoms with E-state index < -0.39 is 24.3 Å². The van der Waals surface area contributed by atoms with E-state index in [0.717, 1.165) is 5.56 Å². The molecule has 4 atom stereocenters. The fraction of sp³-hybridized carbons (Fsp3) is 0.286. The molecule has 2 aromatic rings. The minimum atomic E-state index is -0.816. The van der Waals surface area contributed by atoms with E-state index in [1.165, 1.54) is 24.3 Å². The third kappa shape index (κ3) is 4.25. The summed E-state index contributed by atoms with van der Waals surface area (Å²) in [6, 6.07) is 13.0. The zero-order chi connectivity index (χ0) is 21.3. The Morgan fingerprint density at radius 3 is 2.57 bits per heavy atom. The maximum Gasteiger partial charge on any atom is 0.229 e. The van der Waals surface area contributed by atoms with Gasteiger partial charge >= 0.3 is 0 Å². The van der Waals surface area contributed by atoms with E-state index in [0.29, 0.717) is 11.4 Å². The van der Waals surface area contributed by atoms with E-state index in [9.17, 15) is 18.8 Å². The van der Waals surface area contributed by atoms with Gasteiger partial charge in [-0.25, -0.2) is 4.39 Å². The molecule has 5 N–H and O–H groups in total. The number of piperidine rings is 1. The van der Waals surface area contributed by atoms with Crippen LogP contribution < -0.4 is 26.6 Å². The molecular weight excluding hydrogens is 389 g/mol. The van der Waals surface area contributed by atoms with Gasteiger partial charge in [-0.15, -0.1) is 0 Å². The predicted octanol–water partition coefficient (Wildman–Crippen LogP) is 1.27. The number of halogens is 1. The molecule has 0 radical (unpaired) electrons. The van der Waals surface area contributed by atoms with E-state index in [1.54, 1.807) is 6.07 Å². The minimum Gasteiger partial charge on any atom is -0.353 e. The van der Waals surface area contributed by atoms with E-state index in [4.69, 9.17) is 0 Å². The van der Waals surface area contributed by atoms with Crippen LogP contribution in [0.1, 0.15) is 12.0 Å². The van der Waals surface area contributed by atoms with Crippen molar-refractivity contribution < 1.29 is 18.8 Å². The number of aryl methyl sites for hydroxylation is 1. The standard InChI is InChI=1S/C21H22FN5O3/c1-11-3-2-4-14(9-11)23-19(29)15-10-16(28)25-18-17(15)20(30)27-21(26-18)24-13-7-5-12(22)6-8-13/h2-9,15,17-18,21,24,26H,10H2,1H3,(H,23,29)(H,25,28)(H,27,30). The normalized spacial score (nSPS) is 25.5. The van der Waals surface area contributed by atoms with Crippen molar-refractivity contribution in [1.29, 1.82) is 0 Å². The zero-order valence-electron chi connectivity index (χ0n) is 16.2. The van der Waals surface area contributed by atoms with Crippen LogP contribution in [0, 0.1) is 24.6 Å². The van der Waals surface area contributed by atoms with Crippen molar-refractivity contribution in [1.82, 2.24) is 16.0 Å². The lowest BCUT2D eigenvalue weighted by molar-refractivity contribution is -0.144. The lowest BCUT2D eigenvalue weighted by atomic mass is 9.81. The highest BCUT2D eigenvalue weighted by Crippen LogP contribution is 2.28. The maximum atomic E-state index is 13.1. The smallest absolute Gasteiger partial charge is 0.229 e. The van der Waals surface area contributed by atoms with Crippen molar-refractivity contribution >= 4 is 29.1 Å². The quantitative estimate of drug-likeness (QED) is 0.520. The number of hydrogen-bond donors (Lipinski definition) is 5. The van der Waals surface area contributed by atoms with Gasteiger partial charge in [0, 0.05) is 17.8 Å². The second kappa shape index (κ2) is 8.11. The number of anilines is 2. The van der Waals surface area contributed by atoms with Crippen LogP contribution in [0.3, 0.4) is 0 Å². The number of amides is 3. The number of benzene rings is 2. The van der Waals surface area contributed by atoms with E-state index in [1.807, 2.05) is 25.1 Å². The molecule has 30 heavy (non-hydrogen) atoms. The molecule has 8 nitrogen and oxygen atoms in total. The molecule has 2 heterocycles. The monoisotopic (exact) mass is 411 g/mol. The van der Waals surface area contributed by atoms with Crippen LogP contribution in [-0.4, -0.2) is 30.2 Å². The molecule has 156 valence electrons. The van der Waals surface area contributed by atoms with Crippen molar-refractivity contribution in [2.75, 3.05) is 10.6 Å². The molecule has 0 saturated carbocycles. The molecule has 4 rings (SSSR count). The molecule has 2 aromatic carbocycles.